The Balaban J connectivity index is 1.94. The lowest BCUT2D eigenvalue weighted by Crippen LogP contribution is -2.45. The smallest absolute Gasteiger partial charge is 0.0300 e. The molecule has 1 aromatic rings. The monoisotopic (exact) mass is 232 g/mol. The summed E-state index contributed by atoms with van der Waals surface area (Å²) in [4.78, 5) is 4.17. The van der Waals surface area contributed by atoms with Crippen LogP contribution >= 0.6 is 0 Å². The summed E-state index contributed by atoms with van der Waals surface area (Å²) >= 11 is 0. The summed E-state index contributed by atoms with van der Waals surface area (Å²) in [6.07, 6.45) is 9.63. The highest BCUT2D eigenvalue weighted by molar-refractivity contribution is 5.13. The molecule has 1 fully saturated rings. The lowest BCUT2D eigenvalue weighted by atomic mass is 9.71. The summed E-state index contributed by atoms with van der Waals surface area (Å²) in [6.45, 7) is 4.66. The second-order valence-electron chi connectivity index (χ2n) is 5.98. The molecule has 1 aliphatic rings. The zero-order chi connectivity index (χ0) is 12.3. The molecule has 0 saturated heterocycles. The number of pyridine rings is 1. The first-order valence-electron chi connectivity index (χ1n) is 6.77. The molecule has 1 aromatic heterocycles. The van der Waals surface area contributed by atoms with E-state index in [0.717, 1.165) is 31.1 Å². The maximum absolute atomic E-state index is 6.53. The zero-order valence-corrected chi connectivity index (χ0v) is 11.0. The van der Waals surface area contributed by atoms with Gasteiger partial charge in [-0.3, -0.25) is 4.98 Å². The SMILES string of the molecule is CC(C)C1CCC(N)(Cc2cccnc2)CC1. The fraction of sp³-hybridized carbons (Fsp3) is 0.667. The Kier molecular flexibility index (Phi) is 3.82. The summed E-state index contributed by atoms with van der Waals surface area (Å²) < 4.78 is 0. The van der Waals surface area contributed by atoms with Gasteiger partial charge in [0.1, 0.15) is 0 Å². The van der Waals surface area contributed by atoms with Gasteiger partial charge in [0.25, 0.3) is 0 Å². The van der Waals surface area contributed by atoms with E-state index in [1.54, 1.807) is 0 Å². The Hall–Kier alpha value is -0.890. The van der Waals surface area contributed by atoms with E-state index in [1.165, 1.54) is 18.4 Å². The number of rotatable bonds is 3. The van der Waals surface area contributed by atoms with Crippen LogP contribution in [0.25, 0.3) is 0 Å². The van der Waals surface area contributed by atoms with Gasteiger partial charge in [-0.05, 0) is 55.6 Å². The minimum Gasteiger partial charge on any atom is -0.325 e. The summed E-state index contributed by atoms with van der Waals surface area (Å²) in [5, 5.41) is 0. The average molecular weight is 232 g/mol. The normalized spacial score (nSPS) is 29.5. The quantitative estimate of drug-likeness (QED) is 0.869. The topological polar surface area (TPSA) is 38.9 Å². The molecule has 0 bridgehead atoms. The Morgan fingerprint density at radius 3 is 2.65 bits per heavy atom. The Morgan fingerprint density at radius 2 is 2.12 bits per heavy atom. The average Bonchev–Trinajstić information content (AvgIpc) is 2.30. The molecular weight excluding hydrogens is 208 g/mol. The molecule has 2 N–H and O–H groups in total. The van der Waals surface area contributed by atoms with Crippen LogP contribution in [0.1, 0.15) is 45.1 Å². The van der Waals surface area contributed by atoms with Gasteiger partial charge in [0.15, 0.2) is 0 Å². The van der Waals surface area contributed by atoms with Crippen molar-refractivity contribution >= 4 is 0 Å². The molecule has 2 rings (SSSR count). The van der Waals surface area contributed by atoms with Crippen LogP contribution in [-0.4, -0.2) is 10.5 Å². The van der Waals surface area contributed by atoms with Gasteiger partial charge in [-0.2, -0.15) is 0 Å². The van der Waals surface area contributed by atoms with Crippen molar-refractivity contribution in [2.75, 3.05) is 0 Å². The van der Waals surface area contributed by atoms with Crippen LogP contribution in [0.3, 0.4) is 0 Å². The molecule has 0 unspecified atom stereocenters. The molecular formula is C15H24N2. The van der Waals surface area contributed by atoms with Gasteiger partial charge in [-0.15, -0.1) is 0 Å². The van der Waals surface area contributed by atoms with Gasteiger partial charge >= 0.3 is 0 Å². The first-order valence-corrected chi connectivity index (χ1v) is 6.77. The standard InChI is InChI=1S/C15H24N2/c1-12(2)14-5-7-15(16,8-6-14)10-13-4-3-9-17-11-13/h3-4,9,11-12,14H,5-8,10,16H2,1-2H3. The van der Waals surface area contributed by atoms with Crippen molar-refractivity contribution < 1.29 is 0 Å². The molecule has 1 saturated carbocycles. The molecule has 2 nitrogen and oxygen atoms in total. The van der Waals surface area contributed by atoms with Gasteiger partial charge in [0.05, 0.1) is 0 Å². The summed E-state index contributed by atoms with van der Waals surface area (Å²) in [5.41, 5.74) is 7.81. The first-order chi connectivity index (χ1) is 8.09. The molecule has 2 heteroatoms. The van der Waals surface area contributed by atoms with Crippen molar-refractivity contribution in [1.82, 2.24) is 4.98 Å². The summed E-state index contributed by atoms with van der Waals surface area (Å²) in [6, 6.07) is 4.13. The van der Waals surface area contributed by atoms with Gasteiger partial charge in [-0.25, -0.2) is 0 Å². The fourth-order valence-electron chi connectivity index (χ4n) is 2.97. The molecule has 0 spiro atoms. The molecule has 0 amide bonds. The third-order valence-corrected chi connectivity index (χ3v) is 4.25. The predicted octanol–water partition coefficient (Wildman–Crippen LogP) is 3.17. The van der Waals surface area contributed by atoms with Crippen molar-refractivity contribution in [3.63, 3.8) is 0 Å². The van der Waals surface area contributed by atoms with E-state index < -0.39 is 0 Å². The molecule has 1 aliphatic carbocycles. The maximum Gasteiger partial charge on any atom is 0.0300 e. The Labute approximate surface area is 105 Å². The van der Waals surface area contributed by atoms with Crippen LogP contribution in [0.5, 0.6) is 0 Å². The number of hydrogen-bond acceptors (Lipinski definition) is 2. The number of nitrogens with two attached hydrogens (primary N) is 1. The van der Waals surface area contributed by atoms with Crippen LogP contribution in [0.15, 0.2) is 24.5 Å². The summed E-state index contributed by atoms with van der Waals surface area (Å²) in [7, 11) is 0. The zero-order valence-electron chi connectivity index (χ0n) is 11.0. The Morgan fingerprint density at radius 1 is 1.41 bits per heavy atom. The minimum absolute atomic E-state index is 0.00836. The molecule has 94 valence electrons. The molecule has 0 radical (unpaired) electrons. The highest BCUT2D eigenvalue weighted by Gasteiger charge is 2.32. The van der Waals surface area contributed by atoms with Crippen LogP contribution in [-0.2, 0) is 6.42 Å². The van der Waals surface area contributed by atoms with E-state index in [2.05, 4.69) is 24.9 Å². The number of hydrogen-bond donors (Lipinski definition) is 1. The van der Waals surface area contributed by atoms with Crippen molar-refractivity contribution in [1.29, 1.82) is 0 Å². The molecule has 1 heterocycles. The van der Waals surface area contributed by atoms with E-state index in [0.29, 0.717) is 0 Å². The third-order valence-electron chi connectivity index (χ3n) is 4.25. The number of nitrogens with zero attached hydrogens (tertiary/aromatic N) is 1. The highest BCUT2D eigenvalue weighted by atomic mass is 14.7. The van der Waals surface area contributed by atoms with Crippen LogP contribution in [0.4, 0.5) is 0 Å². The lowest BCUT2D eigenvalue weighted by molar-refractivity contribution is 0.194. The van der Waals surface area contributed by atoms with E-state index in [1.807, 2.05) is 18.5 Å². The molecule has 0 aromatic carbocycles. The van der Waals surface area contributed by atoms with Crippen LogP contribution in [0.2, 0.25) is 0 Å². The van der Waals surface area contributed by atoms with Gasteiger partial charge in [0.2, 0.25) is 0 Å². The van der Waals surface area contributed by atoms with E-state index >= 15 is 0 Å². The van der Waals surface area contributed by atoms with Gasteiger partial charge in [-0.1, -0.05) is 19.9 Å². The largest absolute Gasteiger partial charge is 0.325 e. The molecule has 17 heavy (non-hydrogen) atoms. The second-order valence-corrected chi connectivity index (χ2v) is 5.98. The fourth-order valence-corrected chi connectivity index (χ4v) is 2.97. The van der Waals surface area contributed by atoms with E-state index in [-0.39, 0.29) is 5.54 Å². The maximum atomic E-state index is 6.53. The minimum atomic E-state index is 0.00836. The predicted molar refractivity (Wildman–Crippen MR) is 71.7 cm³/mol. The number of aromatic nitrogens is 1. The van der Waals surface area contributed by atoms with Gasteiger partial charge in [0, 0.05) is 17.9 Å². The first kappa shape index (κ1) is 12.6. The Bertz CT molecular complexity index is 337. The lowest BCUT2D eigenvalue weighted by Gasteiger charge is -2.38. The molecule has 0 aliphatic heterocycles. The van der Waals surface area contributed by atoms with Crippen molar-refractivity contribution in [3.8, 4) is 0 Å². The van der Waals surface area contributed by atoms with Crippen molar-refractivity contribution in [2.24, 2.45) is 17.6 Å². The summed E-state index contributed by atoms with van der Waals surface area (Å²) in [5.74, 6) is 1.68. The van der Waals surface area contributed by atoms with Crippen LogP contribution in [0, 0.1) is 11.8 Å². The van der Waals surface area contributed by atoms with Crippen molar-refractivity contribution in [2.45, 2.75) is 51.5 Å². The van der Waals surface area contributed by atoms with Crippen molar-refractivity contribution in [3.05, 3.63) is 30.1 Å². The highest BCUT2D eigenvalue weighted by Crippen LogP contribution is 2.36. The van der Waals surface area contributed by atoms with Crippen LogP contribution < -0.4 is 5.73 Å². The third kappa shape index (κ3) is 3.29. The molecule has 0 atom stereocenters. The second kappa shape index (κ2) is 5.18. The van der Waals surface area contributed by atoms with E-state index in [4.69, 9.17) is 5.73 Å². The van der Waals surface area contributed by atoms with Gasteiger partial charge < -0.3 is 5.73 Å². The van der Waals surface area contributed by atoms with E-state index in [9.17, 15) is 0 Å².